The van der Waals surface area contributed by atoms with Crippen LogP contribution in [0.4, 0.5) is 10.2 Å². The van der Waals surface area contributed by atoms with Gasteiger partial charge in [-0.15, -0.1) is 0 Å². The van der Waals surface area contributed by atoms with Crippen LogP contribution in [0.5, 0.6) is 6.01 Å². The molecule has 12 nitrogen and oxygen atoms in total. The van der Waals surface area contributed by atoms with Crippen molar-refractivity contribution in [2.24, 2.45) is 0 Å². The summed E-state index contributed by atoms with van der Waals surface area (Å²) in [5.41, 5.74) is 3.81. The van der Waals surface area contributed by atoms with E-state index in [1.54, 1.807) is 6.07 Å². The van der Waals surface area contributed by atoms with Gasteiger partial charge in [-0.3, -0.25) is 4.57 Å². The van der Waals surface area contributed by atoms with Gasteiger partial charge >= 0.3 is 6.01 Å². The van der Waals surface area contributed by atoms with Crippen molar-refractivity contribution in [1.29, 1.82) is 5.26 Å². The van der Waals surface area contributed by atoms with Crippen LogP contribution in [0, 0.1) is 17.1 Å². The lowest BCUT2D eigenvalue weighted by Crippen LogP contribution is -2.47. The van der Waals surface area contributed by atoms with Gasteiger partial charge in [0.2, 0.25) is 5.82 Å². The first-order valence-electron chi connectivity index (χ1n) is 18.5. The largest absolute Gasteiger partial charge is 0.456 e. The third kappa shape index (κ3) is 7.93. The van der Waals surface area contributed by atoms with Crippen molar-refractivity contribution in [1.82, 2.24) is 24.5 Å². The van der Waals surface area contributed by atoms with Gasteiger partial charge in [0.15, 0.2) is 20.1 Å². The summed E-state index contributed by atoms with van der Waals surface area (Å²) in [6, 6.07) is 8.06. The standard InChI is InChI=1S/C38H49ClFN7O5Si2/c1-38(2,3)54(7,8)52-30-20-50-33-29(19-49-34(30)33)51-37-45-28-15-25(39)35(46-36(28)47(37)21-48-11-12-53(4,5)6)44-27-10-9-22-13-23(14-26(40)32(22)27)24-17-42-31(16-41)43-18-24/h13-15,17-18,27,29-30,33-34H,9-12,19-21H2,1-8H3,(H,44,46)/t27-,29+,30?,33+,34+/m0/s1. The van der Waals surface area contributed by atoms with Gasteiger partial charge in [-0.05, 0) is 60.3 Å². The number of hydrogen-bond acceptors (Lipinski definition) is 11. The van der Waals surface area contributed by atoms with Crippen LogP contribution in [0.2, 0.25) is 48.8 Å². The average Bonchev–Trinajstić information content (AvgIpc) is 3.87. The molecule has 1 aromatic carbocycles. The Balaban J connectivity index is 1.13. The number of fused-ring (bicyclic) bond motifs is 3. The maximum Gasteiger partial charge on any atom is 0.301 e. The zero-order valence-corrected chi connectivity index (χ0v) is 35.0. The lowest BCUT2D eigenvalue weighted by Gasteiger charge is -2.39. The summed E-state index contributed by atoms with van der Waals surface area (Å²) >= 11 is 6.84. The summed E-state index contributed by atoms with van der Waals surface area (Å²) in [5, 5.41) is 12.9. The molecular weight excluding hydrogens is 745 g/mol. The zero-order chi connectivity index (χ0) is 38.6. The number of anilines is 1. The first-order chi connectivity index (χ1) is 25.5. The second-order valence-electron chi connectivity index (χ2n) is 17.2. The molecule has 3 aliphatic rings. The molecule has 0 saturated carbocycles. The van der Waals surface area contributed by atoms with Crippen LogP contribution in [0.15, 0.2) is 30.6 Å². The summed E-state index contributed by atoms with van der Waals surface area (Å²) in [5.74, 6) is 0.127. The zero-order valence-electron chi connectivity index (χ0n) is 32.2. The Bertz CT molecular complexity index is 2060. The molecule has 0 spiro atoms. The smallest absolute Gasteiger partial charge is 0.301 e. The number of imidazole rings is 1. The van der Waals surface area contributed by atoms with Crippen LogP contribution < -0.4 is 10.1 Å². The van der Waals surface area contributed by atoms with Gasteiger partial charge in [0, 0.05) is 38.2 Å². The maximum atomic E-state index is 15.8. The molecule has 3 aromatic heterocycles. The third-order valence-electron chi connectivity index (χ3n) is 11.0. The molecule has 16 heteroatoms. The summed E-state index contributed by atoms with van der Waals surface area (Å²) in [7, 11) is -3.39. The monoisotopic (exact) mass is 793 g/mol. The number of aromatic nitrogens is 5. The fourth-order valence-electron chi connectivity index (χ4n) is 6.89. The van der Waals surface area contributed by atoms with Gasteiger partial charge < -0.3 is 28.7 Å². The van der Waals surface area contributed by atoms with Crippen LogP contribution in [-0.4, -0.2) is 85.1 Å². The Kier molecular flexibility index (Phi) is 10.7. The Morgan fingerprint density at radius 2 is 1.72 bits per heavy atom. The minimum atomic E-state index is -2.05. The number of halogens is 2. The van der Waals surface area contributed by atoms with E-state index < -0.39 is 22.5 Å². The molecule has 2 saturated heterocycles. The summed E-state index contributed by atoms with van der Waals surface area (Å²) in [6.07, 6.45) is 3.26. The van der Waals surface area contributed by atoms with E-state index in [1.807, 2.05) is 16.7 Å². The highest BCUT2D eigenvalue weighted by Crippen LogP contribution is 2.42. The molecule has 2 aliphatic heterocycles. The fraction of sp³-hybridized carbons (Fsp3) is 0.553. The molecule has 0 amide bonds. The van der Waals surface area contributed by atoms with Gasteiger partial charge in [-0.1, -0.05) is 58.1 Å². The van der Waals surface area contributed by atoms with E-state index in [0.717, 1.165) is 11.6 Å². The van der Waals surface area contributed by atoms with Gasteiger partial charge in [-0.2, -0.15) is 10.2 Å². The lowest BCUT2D eigenvalue weighted by molar-refractivity contribution is 0.00687. The Hall–Kier alpha value is -3.50. The minimum Gasteiger partial charge on any atom is -0.456 e. The Morgan fingerprint density at radius 1 is 1.02 bits per heavy atom. The van der Waals surface area contributed by atoms with Crippen molar-refractivity contribution in [3.63, 3.8) is 0 Å². The van der Waals surface area contributed by atoms with Crippen molar-refractivity contribution in [3.05, 3.63) is 58.4 Å². The number of aryl methyl sites for hydroxylation is 1. The molecule has 54 heavy (non-hydrogen) atoms. The maximum absolute atomic E-state index is 15.8. The fourth-order valence-corrected chi connectivity index (χ4v) is 9.16. The van der Waals surface area contributed by atoms with E-state index in [4.69, 9.17) is 50.2 Å². The third-order valence-corrected chi connectivity index (χ3v) is 17.5. The van der Waals surface area contributed by atoms with Crippen LogP contribution >= 0.6 is 11.6 Å². The minimum absolute atomic E-state index is 0.0593. The van der Waals surface area contributed by atoms with E-state index >= 15 is 4.39 Å². The lowest BCUT2D eigenvalue weighted by atomic mass is 10.0. The highest BCUT2D eigenvalue weighted by molar-refractivity contribution is 6.76. The predicted molar refractivity (Wildman–Crippen MR) is 209 cm³/mol. The summed E-state index contributed by atoms with van der Waals surface area (Å²) in [6.45, 7) is 19.6. The normalized spacial score (nSPS) is 22.7. The number of ether oxygens (including phenoxy) is 4. The molecule has 1 aliphatic carbocycles. The topological polar surface area (TPSA) is 138 Å². The van der Waals surface area contributed by atoms with Crippen LogP contribution in [0.3, 0.4) is 0 Å². The van der Waals surface area contributed by atoms with Crippen LogP contribution in [0.25, 0.3) is 22.3 Å². The number of pyridine rings is 1. The van der Waals surface area contributed by atoms with E-state index in [-0.39, 0.29) is 47.8 Å². The van der Waals surface area contributed by atoms with Crippen molar-refractivity contribution < 1.29 is 27.8 Å². The predicted octanol–water partition coefficient (Wildman–Crippen LogP) is 7.90. The van der Waals surface area contributed by atoms with Crippen LogP contribution in [-0.2, 0) is 31.8 Å². The second kappa shape index (κ2) is 14.9. The quantitative estimate of drug-likeness (QED) is 0.111. The molecule has 0 radical (unpaired) electrons. The van der Waals surface area contributed by atoms with E-state index in [0.29, 0.717) is 77.4 Å². The molecule has 4 aromatic rings. The molecule has 1 unspecified atom stereocenters. The molecule has 1 N–H and O–H groups in total. The van der Waals surface area contributed by atoms with Crippen molar-refractivity contribution in [2.75, 3.05) is 25.1 Å². The molecule has 0 bridgehead atoms. The van der Waals surface area contributed by atoms with Crippen molar-refractivity contribution in [3.8, 4) is 23.2 Å². The molecule has 5 atom stereocenters. The summed E-state index contributed by atoms with van der Waals surface area (Å²) in [4.78, 5) is 17.9. The highest BCUT2D eigenvalue weighted by Gasteiger charge is 2.52. The number of rotatable bonds is 12. The van der Waals surface area contributed by atoms with Gasteiger partial charge in [-0.25, -0.2) is 19.3 Å². The van der Waals surface area contributed by atoms with E-state index in [1.165, 1.54) is 18.5 Å². The van der Waals surface area contributed by atoms with E-state index in [2.05, 4.69) is 68.8 Å². The molecule has 288 valence electrons. The molecule has 7 rings (SSSR count). The Labute approximate surface area is 322 Å². The molecular formula is C38H49ClFN7O5Si2. The highest BCUT2D eigenvalue weighted by atomic mass is 35.5. The second-order valence-corrected chi connectivity index (χ2v) is 28.0. The van der Waals surface area contributed by atoms with Crippen molar-refractivity contribution in [2.45, 2.75) is 115 Å². The van der Waals surface area contributed by atoms with Gasteiger partial charge in [0.1, 0.15) is 42.2 Å². The number of nitrogens with one attached hydrogen (secondary N) is 1. The number of benzene rings is 1. The molecule has 2 fully saturated rings. The number of nitrogens with zero attached hydrogens (tertiary/aromatic N) is 6. The van der Waals surface area contributed by atoms with Gasteiger partial charge in [0.05, 0.1) is 30.4 Å². The average molecular weight is 794 g/mol. The first-order valence-corrected chi connectivity index (χ1v) is 25.5. The van der Waals surface area contributed by atoms with Crippen LogP contribution in [0.1, 0.15) is 50.2 Å². The Morgan fingerprint density at radius 3 is 2.41 bits per heavy atom. The van der Waals surface area contributed by atoms with Crippen molar-refractivity contribution >= 4 is 45.0 Å². The summed E-state index contributed by atoms with van der Waals surface area (Å²) < 4.78 is 49.7. The number of nitriles is 1. The number of hydrogen-bond donors (Lipinski definition) is 1. The molecule has 5 heterocycles. The SMILES string of the molecule is CC(C)(C)[Si](C)(C)OC1CO[C@H]2[C@@H]1OC[C@H]2Oc1nc2cc(Cl)c(N[C@H]3CCc4cc(-c5cnc(C#N)nc5)cc(F)c43)nc2n1COCC[Si](C)(C)C. The van der Waals surface area contributed by atoms with E-state index in [9.17, 15) is 0 Å². The first kappa shape index (κ1) is 38.8. The van der Waals surface area contributed by atoms with Gasteiger partial charge in [0.25, 0.3) is 0 Å².